The SMILES string of the molecule is CC(C(=O)NO)N1CCC(CC(=O)Nc2ccncc2)(c2ccc(OCc3cc(Cl)nc(Cl)c3)cc2)C1=O. The Balaban J connectivity index is 1.57. The lowest BCUT2D eigenvalue weighted by molar-refractivity contribution is -0.144. The van der Waals surface area contributed by atoms with Crippen molar-refractivity contribution in [1.82, 2.24) is 20.3 Å². The van der Waals surface area contributed by atoms with Gasteiger partial charge in [-0.3, -0.25) is 24.6 Å². The Morgan fingerprint density at radius 1 is 1.13 bits per heavy atom. The molecule has 12 heteroatoms. The summed E-state index contributed by atoms with van der Waals surface area (Å²) in [5, 5.41) is 12.4. The van der Waals surface area contributed by atoms with Gasteiger partial charge in [0.25, 0.3) is 5.91 Å². The number of nitrogens with zero attached hydrogens (tertiary/aromatic N) is 3. The van der Waals surface area contributed by atoms with Crippen LogP contribution in [-0.4, -0.2) is 50.4 Å². The maximum atomic E-state index is 13.7. The summed E-state index contributed by atoms with van der Waals surface area (Å²) in [6.07, 6.45) is 3.25. The van der Waals surface area contributed by atoms with Crippen molar-refractivity contribution >= 4 is 46.6 Å². The zero-order chi connectivity index (χ0) is 27.3. The number of aromatic nitrogens is 2. The topological polar surface area (TPSA) is 134 Å². The van der Waals surface area contributed by atoms with Gasteiger partial charge in [-0.15, -0.1) is 0 Å². The van der Waals surface area contributed by atoms with Gasteiger partial charge >= 0.3 is 0 Å². The summed E-state index contributed by atoms with van der Waals surface area (Å²) in [7, 11) is 0. The number of carbonyl (C=O) groups is 3. The number of anilines is 1. The molecular formula is C26H25Cl2N5O5. The fourth-order valence-electron chi connectivity index (χ4n) is 4.48. The highest BCUT2D eigenvalue weighted by atomic mass is 35.5. The van der Waals surface area contributed by atoms with Gasteiger partial charge in [-0.1, -0.05) is 35.3 Å². The molecule has 10 nitrogen and oxygen atoms in total. The molecule has 2 atom stereocenters. The zero-order valence-corrected chi connectivity index (χ0v) is 21.9. The molecule has 3 N–H and O–H groups in total. The minimum absolute atomic E-state index is 0.146. The second-order valence-electron chi connectivity index (χ2n) is 8.88. The molecular weight excluding hydrogens is 533 g/mol. The van der Waals surface area contributed by atoms with E-state index in [-0.39, 0.29) is 41.7 Å². The summed E-state index contributed by atoms with van der Waals surface area (Å²) < 4.78 is 5.84. The van der Waals surface area contributed by atoms with Gasteiger partial charge in [0.2, 0.25) is 11.8 Å². The summed E-state index contributed by atoms with van der Waals surface area (Å²) in [6, 6.07) is 12.6. The lowest BCUT2D eigenvalue weighted by Gasteiger charge is -2.30. The first-order valence-corrected chi connectivity index (χ1v) is 12.5. The van der Waals surface area contributed by atoms with Gasteiger partial charge in [-0.05, 0) is 60.9 Å². The standard InChI is InChI=1S/C26H25Cl2N5O5/c1-16(24(35)32-37)33-11-8-26(25(33)36,14-23(34)30-19-6-9-29-10-7-19)18-2-4-20(5-3-18)38-15-17-12-21(27)31-22(28)13-17/h2-7,9-10,12-13,16,37H,8,11,14-15H2,1H3,(H,32,35)(H,29,30,34). The van der Waals surface area contributed by atoms with E-state index in [1.54, 1.807) is 66.4 Å². The van der Waals surface area contributed by atoms with Crippen LogP contribution >= 0.6 is 23.2 Å². The van der Waals surface area contributed by atoms with Crippen molar-refractivity contribution in [1.29, 1.82) is 0 Å². The largest absolute Gasteiger partial charge is 0.489 e. The monoisotopic (exact) mass is 557 g/mol. The molecule has 3 aromatic rings. The third kappa shape index (κ3) is 6.04. The third-order valence-corrected chi connectivity index (χ3v) is 6.86. The number of nitrogens with one attached hydrogen (secondary N) is 2. The van der Waals surface area contributed by atoms with Crippen molar-refractivity contribution in [2.24, 2.45) is 0 Å². The van der Waals surface area contributed by atoms with Crippen molar-refractivity contribution in [3.63, 3.8) is 0 Å². The smallest absolute Gasteiger partial charge is 0.265 e. The maximum absolute atomic E-state index is 13.7. The molecule has 3 heterocycles. The Labute approximate surface area is 228 Å². The number of benzene rings is 1. The van der Waals surface area contributed by atoms with Crippen molar-refractivity contribution in [2.75, 3.05) is 11.9 Å². The average molecular weight is 558 g/mol. The first kappa shape index (κ1) is 27.3. The van der Waals surface area contributed by atoms with Crippen LogP contribution in [0.1, 0.15) is 30.9 Å². The van der Waals surface area contributed by atoms with Crippen LogP contribution < -0.4 is 15.5 Å². The van der Waals surface area contributed by atoms with E-state index in [9.17, 15) is 14.4 Å². The van der Waals surface area contributed by atoms with Gasteiger partial charge in [-0.25, -0.2) is 10.5 Å². The van der Waals surface area contributed by atoms with E-state index < -0.39 is 17.4 Å². The molecule has 4 rings (SSSR count). The number of hydrogen-bond acceptors (Lipinski definition) is 7. The molecule has 2 unspecified atom stereocenters. The van der Waals surface area contributed by atoms with Crippen LogP contribution in [0.25, 0.3) is 0 Å². The van der Waals surface area contributed by atoms with Gasteiger partial charge < -0.3 is 15.0 Å². The Morgan fingerprint density at radius 2 is 1.79 bits per heavy atom. The zero-order valence-electron chi connectivity index (χ0n) is 20.4. The number of likely N-dealkylation sites (tertiary alicyclic amines) is 1. The molecule has 1 saturated heterocycles. The predicted octanol–water partition coefficient (Wildman–Crippen LogP) is 3.76. The van der Waals surface area contributed by atoms with Crippen molar-refractivity contribution in [3.8, 4) is 5.75 Å². The molecule has 0 aliphatic carbocycles. The van der Waals surface area contributed by atoms with E-state index in [1.165, 1.54) is 11.8 Å². The summed E-state index contributed by atoms with van der Waals surface area (Å²) in [6.45, 7) is 1.95. The lowest BCUT2D eigenvalue weighted by atomic mass is 9.75. The van der Waals surface area contributed by atoms with Gasteiger partial charge in [0, 0.05) is 31.0 Å². The fourth-order valence-corrected chi connectivity index (χ4v) is 4.99. The number of rotatable bonds is 9. The molecule has 1 aliphatic rings. The maximum Gasteiger partial charge on any atom is 0.265 e. The van der Waals surface area contributed by atoms with Crippen LogP contribution in [0, 0.1) is 0 Å². The Bertz CT molecular complexity index is 1310. The number of ether oxygens (including phenoxy) is 1. The number of halogens is 2. The molecule has 3 amide bonds. The van der Waals surface area contributed by atoms with Crippen LogP contribution in [-0.2, 0) is 26.4 Å². The molecule has 0 radical (unpaired) electrons. The second-order valence-corrected chi connectivity index (χ2v) is 9.65. The van der Waals surface area contributed by atoms with Crippen LogP contribution in [0.15, 0.2) is 60.9 Å². The van der Waals surface area contributed by atoms with Crippen molar-refractivity contribution in [3.05, 3.63) is 82.4 Å². The number of carbonyl (C=O) groups excluding carboxylic acids is 3. The highest BCUT2D eigenvalue weighted by molar-refractivity contribution is 6.32. The second kappa shape index (κ2) is 11.8. The van der Waals surface area contributed by atoms with Gasteiger partial charge in [0.05, 0.1) is 5.41 Å². The summed E-state index contributed by atoms with van der Waals surface area (Å²) in [5.74, 6) is -0.925. The lowest BCUT2D eigenvalue weighted by Crippen LogP contribution is -2.48. The average Bonchev–Trinajstić information content (AvgIpc) is 3.23. The van der Waals surface area contributed by atoms with E-state index in [0.717, 1.165) is 5.56 Å². The van der Waals surface area contributed by atoms with E-state index in [1.807, 2.05) is 0 Å². The quantitative estimate of drug-likeness (QED) is 0.207. The summed E-state index contributed by atoms with van der Waals surface area (Å²) in [5.41, 5.74) is 2.27. The molecule has 198 valence electrons. The molecule has 38 heavy (non-hydrogen) atoms. The number of amides is 3. The first-order valence-electron chi connectivity index (χ1n) is 11.7. The molecule has 0 spiro atoms. The van der Waals surface area contributed by atoms with Crippen molar-refractivity contribution in [2.45, 2.75) is 37.8 Å². The van der Waals surface area contributed by atoms with Gasteiger partial charge in [0.1, 0.15) is 28.7 Å². The van der Waals surface area contributed by atoms with E-state index in [2.05, 4.69) is 15.3 Å². The molecule has 0 bridgehead atoms. The molecule has 1 aromatic carbocycles. The van der Waals surface area contributed by atoms with E-state index in [4.69, 9.17) is 33.1 Å². The summed E-state index contributed by atoms with van der Waals surface area (Å²) >= 11 is 11.9. The number of hydroxylamine groups is 1. The van der Waals surface area contributed by atoms with Crippen LogP contribution in [0.3, 0.4) is 0 Å². The fraction of sp³-hybridized carbons (Fsp3) is 0.269. The van der Waals surface area contributed by atoms with Gasteiger partial charge in [0.15, 0.2) is 0 Å². The van der Waals surface area contributed by atoms with E-state index >= 15 is 0 Å². The highest BCUT2D eigenvalue weighted by Crippen LogP contribution is 2.41. The van der Waals surface area contributed by atoms with Crippen LogP contribution in [0.4, 0.5) is 5.69 Å². The molecule has 1 fully saturated rings. The highest BCUT2D eigenvalue weighted by Gasteiger charge is 2.51. The Kier molecular flexibility index (Phi) is 8.45. The predicted molar refractivity (Wildman–Crippen MR) is 140 cm³/mol. The minimum atomic E-state index is -1.22. The van der Waals surface area contributed by atoms with Gasteiger partial charge in [-0.2, -0.15) is 0 Å². The molecule has 2 aromatic heterocycles. The van der Waals surface area contributed by atoms with Crippen molar-refractivity contribution < 1.29 is 24.3 Å². The van der Waals surface area contributed by atoms with Crippen LogP contribution in [0.2, 0.25) is 10.3 Å². The molecule has 1 aliphatic heterocycles. The minimum Gasteiger partial charge on any atom is -0.489 e. The van der Waals surface area contributed by atoms with E-state index in [0.29, 0.717) is 23.4 Å². The molecule has 0 saturated carbocycles. The number of pyridine rings is 2. The third-order valence-electron chi connectivity index (χ3n) is 6.47. The summed E-state index contributed by atoms with van der Waals surface area (Å²) in [4.78, 5) is 48.1. The first-order chi connectivity index (χ1) is 18.2. The van der Waals surface area contributed by atoms with Crippen LogP contribution in [0.5, 0.6) is 5.75 Å². The Morgan fingerprint density at radius 3 is 2.42 bits per heavy atom. The number of hydrogen-bond donors (Lipinski definition) is 3. The normalized spacial score (nSPS) is 17.7. The Hall–Kier alpha value is -3.73.